The molecule has 0 radical (unpaired) electrons. The van der Waals surface area contributed by atoms with Crippen molar-refractivity contribution in [2.24, 2.45) is 0 Å². The molecule has 21 heavy (non-hydrogen) atoms. The molecule has 0 fully saturated rings. The number of carbonyl (C=O) groups excluding carboxylic acids is 1. The van der Waals surface area contributed by atoms with Crippen LogP contribution in [0.2, 0.25) is 0 Å². The van der Waals surface area contributed by atoms with E-state index < -0.39 is 12.0 Å². The Bertz CT molecular complexity index is 674. The molecule has 5 nitrogen and oxygen atoms in total. The van der Waals surface area contributed by atoms with E-state index in [1.807, 2.05) is 16.8 Å². The normalized spacial score (nSPS) is 10.2. The van der Waals surface area contributed by atoms with Gasteiger partial charge in [-0.3, -0.25) is 0 Å². The molecular formula is C13H10Br2N2O3S. The topological polar surface area (TPSA) is 78.4 Å². The first-order chi connectivity index (χ1) is 9.97. The van der Waals surface area contributed by atoms with Crippen molar-refractivity contribution < 1.29 is 14.7 Å². The van der Waals surface area contributed by atoms with E-state index in [1.54, 1.807) is 17.4 Å². The molecule has 0 saturated heterocycles. The van der Waals surface area contributed by atoms with E-state index in [0.717, 1.165) is 5.56 Å². The SMILES string of the molecule is O=C(NCc1ccsc1)Nc1c(Br)cc(Br)cc1C(=O)O. The summed E-state index contributed by atoms with van der Waals surface area (Å²) in [5.74, 6) is -1.12. The Kier molecular flexibility index (Phi) is 5.38. The number of carbonyl (C=O) groups is 2. The van der Waals surface area contributed by atoms with Crippen LogP contribution in [0.5, 0.6) is 0 Å². The van der Waals surface area contributed by atoms with Gasteiger partial charge in [0.2, 0.25) is 0 Å². The van der Waals surface area contributed by atoms with E-state index in [-0.39, 0.29) is 11.3 Å². The lowest BCUT2D eigenvalue weighted by molar-refractivity contribution is 0.0698. The van der Waals surface area contributed by atoms with E-state index in [1.165, 1.54) is 6.07 Å². The number of carboxylic acid groups (broad SMARTS) is 1. The van der Waals surface area contributed by atoms with Gasteiger partial charge in [-0.1, -0.05) is 15.9 Å². The lowest BCUT2D eigenvalue weighted by atomic mass is 10.2. The van der Waals surface area contributed by atoms with Crippen molar-refractivity contribution in [3.05, 3.63) is 49.0 Å². The fourth-order valence-electron chi connectivity index (χ4n) is 1.60. The molecule has 0 aliphatic heterocycles. The average Bonchev–Trinajstić information content (AvgIpc) is 2.92. The highest BCUT2D eigenvalue weighted by Gasteiger charge is 2.16. The van der Waals surface area contributed by atoms with Gasteiger partial charge in [0.25, 0.3) is 0 Å². The summed E-state index contributed by atoms with van der Waals surface area (Å²) in [5, 5.41) is 18.3. The van der Waals surface area contributed by atoms with Crippen LogP contribution in [0.1, 0.15) is 15.9 Å². The zero-order valence-corrected chi connectivity index (χ0v) is 14.5. The summed E-state index contributed by atoms with van der Waals surface area (Å²) in [6, 6.07) is 4.54. The molecule has 0 bridgehead atoms. The van der Waals surface area contributed by atoms with E-state index in [2.05, 4.69) is 42.5 Å². The minimum Gasteiger partial charge on any atom is -0.478 e. The van der Waals surface area contributed by atoms with Gasteiger partial charge in [0.1, 0.15) is 0 Å². The fraction of sp³-hybridized carbons (Fsp3) is 0.0769. The number of hydrogen-bond donors (Lipinski definition) is 3. The van der Waals surface area contributed by atoms with Gasteiger partial charge in [0.05, 0.1) is 11.3 Å². The van der Waals surface area contributed by atoms with Crippen molar-refractivity contribution in [2.75, 3.05) is 5.32 Å². The van der Waals surface area contributed by atoms with Crippen molar-refractivity contribution in [1.82, 2.24) is 5.32 Å². The van der Waals surface area contributed by atoms with Gasteiger partial charge < -0.3 is 15.7 Å². The van der Waals surface area contributed by atoms with Crippen LogP contribution in [0.25, 0.3) is 0 Å². The molecule has 0 spiro atoms. The van der Waals surface area contributed by atoms with Crippen LogP contribution in [0.3, 0.4) is 0 Å². The van der Waals surface area contributed by atoms with Gasteiger partial charge in [-0.15, -0.1) is 0 Å². The maximum Gasteiger partial charge on any atom is 0.337 e. The van der Waals surface area contributed by atoms with Crippen molar-refractivity contribution >= 4 is 60.9 Å². The number of urea groups is 1. The maximum atomic E-state index is 11.9. The van der Waals surface area contributed by atoms with Crippen LogP contribution in [0.4, 0.5) is 10.5 Å². The third kappa shape index (κ3) is 4.29. The van der Waals surface area contributed by atoms with Crippen molar-refractivity contribution in [3.63, 3.8) is 0 Å². The van der Waals surface area contributed by atoms with Crippen molar-refractivity contribution in [3.8, 4) is 0 Å². The second-order valence-electron chi connectivity index (χ2n) is 4.05. The number of anilines is 1. The minimum atomic E-state index is -1.12. The molecule has 0 aliphatic rings. The molecule has 0 unspecified atom stereocenters. The quantitative estimate of drug-likeness (QED) is 0.672. The van der Waals surface area contributed by atoms with Crippen LogP contribution in [0, 0.1) is 0 Å². The van der Waals surface area contributed by atoms with Gasteiger partial charge in [-0.25, -0.2) is 9.59 Å². The number of thiophene rings is 1. The zero-order valence-electron chi connectivity index (χ0n) is 10.5. The zero-order chi connectivity index (χ0) is 15.4. The summed E-state index contributed by atoms with van der Waals surface area (Å²) >= 11 is 8.01. The molecule has 110 valence electrons. The molecule has 2 rings (SSSR count). The van der Waals surface area contributed by atoms with Gasteiger partial charge in [-0.05, 0) is 50.5 Å². The Balaban J connectivity index is 2.11. The number of carboxylic acids is 1. The summed E-state index contributed by atoms with van der Waals surface area (Å²) in [4.78, 5) is 23.1. The Morgan fingerprint density at radius 3 is 2.67 bits per heavy atom. The first-order valence-corrected chi connectivity index (χ1v) is 8.28. The second-order valence-corrected chi connectivity index (χ2v) is 6.60. The molecular weight excluding hydrogens is 424 g/mol. The summed E-state index contributed by atoms with van der Waals surface area (Å²) in [7, 11) is 0. The van der Waals surface area contributed by atoms with Gasteiger partial charge >= 0.3 is 12.0 Å². The largest absolute Gasteiger partial charge is 0.478 e. The van der Waals surface area contributed by atoms with Crippen LogP contribution < -0.4 is 10.6 Å². The lowest BCUT2D eigenvalue weighted by Gasteiger charge is -2.12. The highest BCUT2D eigenvalue weighted by molar-refractivity contribution is 9.11. The van der Waals surface area contributed by atoms with Gasteiger partial charge in [-0.2, -0.15) is 11.3 Å². The Labute approximate surface area is 141 Å². The first-order valence-electron chi connectivity index (χ1n) is 5.75. The number of benzene rings is 1. The Hall–Kier alpha value is -1.38. The highest BCUT2D eigenvalue weighted by atomic mass is 79.9. The van der Waals surface area contributed by atoms with Crippen LogP contribution >= 0.6 is 43.2 Å². The first kappa shape index (κ1) is 16.0. The highest BCUT2D eigenvalue weighted by Crippen LogP contribution is 2.30. The smallest absolute Gasteiger partial charge is 0.337 e. The number of amides is 2. The number of nitrogens with one attached hydrogen (secondary N) is 2. The van der Waals surface area contributed by atoms with E-state index in [4.69, 9.17) is 0 Å². The van der Waals surface area contributed by atoms with E-state index >= 15 is 0 Å². The predicted molar refractivity (Wildman–Crippen MR) is 89.0 cm³/mol. The molecule has 3 N–H and O–H groups in total. The number of aromatic carboxylic acids is 1. The Morgan fingerprint density at radius 1 is 1.29 bits per heavy atom. The van der Waals surface area contributed by atoms with Crippen LogP contribution in [-0.4, -0.2) is 17.1 Å². The summed E-state index contributed by atoms with van der Waals surface area (Å²) in [6.07, 6.45) is 0. The predicted octanol–water partition coefficient (Wildman–Crippen LogP) is 4.29. The molecule has 1 aromatic heterocycles. The second kappa shape index (κ2) is 7.06. The van der Waals surface area contributed by atoms with Crippen LogP contribution in [0.15, 0.2) is 37.9 Å². The third-order valence-electron chi connectivity index (χ3n) is 2.56. The minimum absolute atomic E-state index is 0.00179. The molecule has 2 amide bonds. The Morgan fingerprint density at radius 2 is 2.05 bits per heavy atom. The number of rotatable bonds is 4. The van der Waals surface area contributed by atoms with Crippen LogP contribution in [-0.2, 0) is 6.54 Å². The van der Waals surface area contributed by atoms with Gasteiger partial charge in [0.15, 0.2) is 0 Å². The molecule has 0 saturated carbocycles. The molecule has 0 atom stereocenters. The van der Waals surface area contributed by atoms with Crippen molar-refractivity contribution in [1.29, 1.82) is 0 Å². The molecule has 2 aromatic rings. The number of halogens is 2. The standard InChI is InChI=1S/C13H10Br2N2O3S/c14-8-3-9(12(18)19)11(10(15)4-8)17-13(20)16-5-7-1-2-21-6-7/h1-4,6H,5H2,(H,18,19)(H2,16,17,20). The average molecular weight is 434 g/mol. The number of hydrogen-bond acceptors (Lipinski definition) is 3. The van der Waals surface area contributed by atoms with E-state index in [0.29, 0.717) is 15.5 Å². The summed E-state index contributed by atoms with van der Waals surface area (Å²) < 4.78 is 1.09. The maximum absolute atomic E-state index is 11.9. The lowest BCUT2D eigenvalue weighted by Crippen LogP contribution is -2.29. The monoisotopic (exact) mass is 432 g/mol. The molecule has 0 aliphatic carbocycles. The fourth-order valence-corrected chi connectivity index (χ4v) is 3.60. The molecule has 8 heteroatoms. The van der Waals surface area contributed by atoms with Crippen molar-refractivity contribution in [2.45, 2.75) is 6.54 Å². The molecule has 1 aromatic carbocycles. The van der Waals surface area contributed by atoms with E-state index in [9.17, 15) is 14.7 Å². The molecule has 1 heterocycles. The summed E-state index contributed by atoms with van der Waals surface area (Å²) in [6.45, 7) is 0.381. The van der Waals surface area contributed by atoms with Gasteiger partial charge in [0, 0.05) is 15.5 Å². The third-order valence-corrected chi connectivity index (χ3v) is 4.37. The summed E-state index contributed by atoms with van der Waals surface area (Å²) in [5.41, 5.74) is 1.21.